The third kappa shape index (κ3) is 10.4. The van der Waals surface area contributed by atoms with Crippen LogP contribution in [0.25, 0.3) is 0 Å². The highest BCUT2D eigenvalue weighted by molar-refractivity contribution is 5.89. The van der Waals surface area contributed by atoms with E-state index in [1.54, 1.807) is 20.8 Å². The first-order chi connectivity index (χ1) is 12.4. The molecule has 0 saturated heterocycles. The fourth-order valence-electron chi connectivity index (χ4n) is 2.36. The Bertz CT molecular complexity index is 611. The Balaban J connectivity index is 2.77. The number of carbonyl (C=O) groups excluding carboxylic acids is 3. The van der Waals surface area contributed by atoms with Gasteiger partial charge in [0.2, 0.25) is 0 Å². The Morgan fingerprint density at radius 3 is 2.11 bits per heavy atom. The van der Waals surface area contributed by atoms with Gasteiger partial charge >= 0.3 is 12.1 Å². The van der Waals surface area contributed by atoms with Crippen LogP contribution in [0.3, 0.4) is 0 Å². The number of benzene rings is 1. The number of hydrogen-bond donors (Lipinski definition) is 1. The van der Waals surface area contributed by atoms with Crippen molar-refractivity contribution in [1.29, 1.82) is 0 Å². The minimum atomic E-state index is -1.08. The largest absolute Gasteiger partial charge is 0.459 e. The lowest BCUT2D eigenvalue weighted by Gasteiger charge is -2.23. The molecular weight excluding hydrogens is 346 g/mol. The molecule has 0 aliphatic heterocycles. The average Bonchev–Trinajstić information content (AvgIpc) is 2.49. The summed E-state index contributed by atoms with van der Waals surface area (Å²) in [5.41, 5.74) is -0.0951. The van der Waals surface area contributed by atoms with Crippen molar-refractivity contribution in [2.24, 2.45) is 5.41 Å². The average molecular weight is 377 g/mol. The summed E-state index contributed by atoms with van der Waals surface area (Å²) in [6, 6.07) is 8.11. The van der Waals surface area contributed by atoms with Crippen molar-refractivity contribution in [1.82, 2.24) is 5.32 Å². The second kappa shape index (κ2) is 9.53. The van der Waals surface area contributed by atoms with Crippen molar-refractivity contribution in [3.63, 3.8) is 0 Å². The van der Waals surface area contributed by atoms with E-state index in [0.29, 0.717) is 6.42 Å². The zero-order valence-electron chi connectivity index (χ0n) is 17.1. The minimum absolute atomic E-state index is 0.0691. The lowest BCUT2D eigenvalue weighted by Crippen LogP contribution is -2.45. The molecule has 6 nitrogen and oxygen atoms in total. The number of ketones is 1. The second-order valence-electron chi connectivity index (χ2n) is 8.77. The highest BCUT2D eigenvalue weighted by Gasteiger charge is 2.29. The zero-order valence-corrected chi connectivity index (χ0v) is 17.1. The molecule has 1 aromatic rings. The van der Waals surface area contributed by atoms with E-state index in [0.717, 1.165) is 5.56 Å². The van der Waals surface area contributed by atoms with Gasteiger partial charge in [-0.1, -0.05) is 51.1 Å². The van der Waals surface area contributed by atoms with Crippen molar-refractivity contribution in [2.75, 3.05) is 0 Å². The summed E-state index contributed by atoms with van der Waals surface area (Å²) in [4.78, 5) is 36.9. The number of amides is 1. The monoisotopic (exact) mass is 377 g/mol. The van der Waals surface area contributed by atoms with Gasteiger partial charge in [0.25, 0.3) is 0 Å². The van der Waals surface area contributed by atoms with Gasteiger partial charge in [0, 0.05) is 12.8 Å². The number of ether oxygens (including phenoxy) is 2. The van der Waals surface area contributed by atoms with E-state index in [9.17, 15) is 14.4 Å². The number of alkyl carbamates (subject to hydrolysis) is 1. The van der Waals surface area contributed by atoms with Crippen LogP contribution >= 0.6 is 0 Å². The van der Waals surface area contributed by atoms with Gasteiger partial charge in [-0.25, -0.2) is 9.59 Å². The molecule has 0 bridgehead atoms. The van der Waals surface area contributed by atoms with Crippen molar-refractivity contribution in [3.8, 4) is 0 Å². The van der Waals surface area contributed by atoms with Gasteiger partial charge in [0.1, 0.15) is 24.0 Å². The number of Topliss-reactive ketones (excluding diaryl/α,β-unsaturated/α-hetero) is 1. The van der Waals surface area contributed by atoms with Crippen LogP contribution in [-0.2, 0) is 25.7 Å². The Labute approximate surface area is 161 Å². The van der Waals surface area contributed by atoms with Crippen molar-refractivity contribution >= 4 is 17.8 Å². The number of nitrogens with one attached hydrogen (secondary N) is 1. The molecule has 0 aliphatic rings. The van der Waals surface area contributed by atoms with Gasteiger partial charge in [0.05, 0.1) is 0 Å². The molecule has 6 heteroatoms. The molecule has 1 N–H and O–H groups in total. The molecule has 0 unspecified atom stereocenters. The third-order valence-corrected chi connectivity index (χ3v) is 3.36. The molecule has 1 rings (SSSR count). The van der Waals surface area contributed by atoms with Crippen LogP contribution in [0.2, 0.25) is 0 Å². The van der Waals surface area contributed by atoms with E-state index >= 15 is 0 Å². The maximum absolute atomic E-state index is 12.5. The minimum Gasteiger partial charge on any atom is -0.459 e. The standard InChI is InChI=1S/C21H31NO5/c1-20(2,3)13-16(23)12-17(22-19(25)27-21(4,5)6)18(24)26-14-15-10-8-7-9-11-15/h7-11,17H,12-14H2,1-6H3,(H,22,25)/t17-/m0/s1. The van der Waals surface area contributed by atoms with Crippen molar-refractivity contribution in [2.45, 2.75) is 72.6 Å². The summed E-state index contributed by atoms with van der Waals surface area (Å²) < 4.78 is 10.5. The van der Waals surface area contributed by atoms with Crippen molar-refractivity contribution < 1.29 is 23.9 Å². The smallest absolute Gasteiger partial charge is 0.408 e. The summed E-state index contributed by atoms with van der Waals surface area (Å²) in [5.74, 6) is -0.785. The predicted octanol–water partition coefficient (Wildman–Crippen LogP) is 4.02. The lowest BCUT2D eigenvalue weighted by molar-refractivity contribution is -0.149. The first kappa shape index (κ1) is 22.7. The van der Waals surface area contributed by atoms with E-state index in [1.165, 1.54) is 0 Å². The van der Waals surface area contributed by atoms with Crippen LogP contribution in [0.1, 0.15) is 59.9 Å². The quantitative estimate of drug-likeness (QED) is 0.726. The maximum atomic E-state index is 12.5. The van der Waals surface area contributed by atoms with E-state index < -0.39 is 23.7 Å². The summed E-state index contributed by atoms with van der Waals surface area (Å²) in [6.45, 7) is 11.1. The molecule has 0 fully saturated rings. The number of rotatable bonds is 7. The van der Waals surface area contributed by atoms with E-state index in [1.807, 2.05) is 51.1 Å². The summed E-state index contributed by atoms with van der Waals surface area (Å²) >= 11 is 0. The van der Waals surface area contributed by atoms with Crippen molar-refractivity contribution in [3.05, 3.63) is 35.9 Å². The molecule has 0 aromatic heterocycles. The topological polar surface area (TPSA) is 81.7 Å². The Hall–Kier alpha value is -2.37. The Morgan fingerprint density at radius 1 is 1.00 bits per heavy atom. The van der Waals surface area contributed by atoms with Gasteiger partial charge in [-0.15, -0.1) is 0 Å². The van der Waals surface area contributed by atoms with Crippen LogP contribution < -0.4 is 5.32 Å². The molecule has 0 aliphatic carbocycles. The molecule has 0 radical (unpaired) electrons. The predicted molar refractivity (Wildman–Crippen MR) is 103 cm³/mol. The zero-order chi connectivity index (χ0) is 20.7. The van der Waals surface area contributed by atoms with Crippen LogP contribution in [0, 0.1) is 5.41 Å². The van der Waals surface area contributed by atoms with E-state index in [4.69, 9.17) is 9.47 Å². The van der Waals surface area contributed by atoms with Gasteiger partial charge in [-0.3, -0.25) is 4.79 Å². The lowest BCUT2D eigenvalue weighted by atomic mass is 9.88. The van der Waals surface area contributed by atoms with Crippen LogP contribution in [0.15, 0.2) is 30.3 Å². The summed E-state index contributed by atoms with van der Waals surface area (Å²) in [7, 11) is 0. The first-order valence-corrected chi connectivity index (χ1v) is 9.07. The molecule has 1 atom stereocenters. The molecule has 150 valence electrons. The van der Waals surface area contributed by atoms with E-state index in [2.05, 4.69) is 5.32 Å². The molecule has 1 amide bonds. The van der Waals surface area contributed by atoms with Crippen LogP contribution in [0.4, 0.5) is 4.79 Å². The molecule has 0 spiro atoms. The van der Waals surface area contributed by atoms with Gasteiger partial charge < -0.3 is 14.8 Å². The van der Waals surface area contributed by atoms with Gasteiger partial charge in [0.15, 0.2) is 0 Å². The number of hydrogen-bond acceptors (Lipinski definition) is 5. The van der Waals surface area contributed by atoms with Crippen LogP contribution in [-0.4, -0.2) is 29.5 Å². The molecule has 0 saturated carbocycles. The first-order valence-electron chi connectivity index (χ1n) is 9.07. The maximum Gasteiger partial charge on any atom is 0.408 e. The fourth-order valence-corrected chi connectivity index (χ4v) is 2.36. The van der Waals surface area contributed by atoms with Crippen LogP contribution in [0.5, 0.6) is 0 Å². The van der Waals surface area contributed by atoms with Gasteiger partial charge in [-0.2, -0.15) is 0 Å². The van der Waals surface area contributed by atoms with Gasteiger partial charge in [-0.05, 0) is 31.7 Å². The number of esters is 1. The summed E-state index contributed by atoms with van der Waals surface area (Å²) in [6.07, 6.45) is -0.594. The highest BCUT2D eigenvalue weighted by Crippen LogP contribution is 2.20. The Kier molecular flexibility index (Phi) is 8.00. The molecular formula is C21H31NO5. The molecule has 0 heterocycles. The van der Waals surface area contributed by atoms with E-state index in [-0.39, 0.29) is 24.2 Å². The highest BCUT2D eigenvalue weighted by atomic mass is 16.6. The molecule has 27 heavy (non-hydrogen) atoms. The normalized spacial score (nSPS) is 12.8. The third-order valence-electron chi connectivity index (χ3n) is 3.36. The Morgan fingerprint density at radius 2 is 1.59 bits per heavy atom. The second-order valence-corrected chi connectivity index (χ2v) is 8.77. The molecule has 1 aromatic carbocycles. The summed E-state index contributed by atoms with van der Waals surface area (Å²) in [5, 5.41) is 2.47. The fraction of sp³-hybridized carbons (Fsp3) is 0.571. The number of carbonyl (C=O) groups is 3. The SMILES string of the molecule is CC(C)(C)CC(=O)C[C@H](NC(=O)OC(C)(C)C)C(=O)OCc1ccccc1.